The number of hydrogen-bond donors (Lipinski definition) is 0. The molecule has 2 saturated heterocycles. The lowest BCUT2D eigenvalue weighted by Crippen LogP contribution is -2.53. The normalized spacial score (nSPS) is 21.4. The van der Waals surface area contributed by atoms with Crippen LogP contribution in [-0.2, 0) is 9.59 Å². The first-order valence-corrected chi connectivity index (χ1v) is 11.6. The first-order valence-electron chi connectivity index (χ1n) is 11.6. The highest BCUT2D eigenvalue weighted by Crippen LogP contribution is 2.43. The fraction of sp³-hybridized carbons (Fsp3) is 0.462. The van der Waals surface area contributed by atoms with Crippen molar-refractivity contribution >= 4 is 17.5 Å². The maximum Gasteiger partial charge on any atom is 0.228 e. The fourth-order valence-corrected chi connectivity index (χ4v) is 4.88. The van der Waals surface area contributed by atoms with Gasteiger partial charge in [-0.3, -0.25) is 9.59 Å². The van der Waals surface area contributed by atoms with Crippen LogP contribution >= 0.6 is 0 Å². The average molecular weight is 468 g/mol. The van der Waals surface area contributed by atoms with Crippen LogP contribution in [0.4, 0.5) is 5.69 Å². The van der Waals surface area contributed by atoms with Gasteiger partial charge in [0.2, 0.25) is 11.8 Å². The van der Waals surface area contributed by atoms with Gasteiger partial charge < -0.3 is 28.9 Å². The fourth-order valence-electron chi connectivity index (χ4n) is 4.88. The molecule has 2 aliphatic rings. The number of anilines is 1. The Morgan fingerprint density at radius 3 is 2.18 bits per heavy atom. The molecule has 4 rings (SSSR count). The predicted molar refractivity (Wildman–Crippen MR) is 130 cm³/mol. The molecule has 2 aromatic carbocycles. The Morgan fingerprint density at radius 1 is 0.882 bits per heavy atom. The van der Waals surface area contributed by atoms with E-state index in [2.05, 4.69) is 11.9 Å². The van der Waals surface area contributed by atoms with Crippen molar-refractivity contribution in [3.63, 3.8) is 0 Å². The summed E-state index contributed by atoms with van der Waals surface area (Å²) in [7, 11) is 6.85. The van der Waals surface area contributed by atoms with E-state index in [4.69, 9.17) is 14.2 Å². The molecule has 2 fully saturated rings. The summed E-state index contributed by atoms with van der Waals surface area (Å²) in [5.74, 6) is 1.61. The van der Waals surface area contributed by atoms with Crippen molar-refractivity contribution in [1.82, 2.24) is 9.80 Å². The van der Waals surface area contributed by atoms with Gasteiger partial charge in [0.1, 0.15) is 5.75 Å². The smallest absolute Gasteiger partial charge is 0.228 e. The van der Waals surface area contributed by atoms with E-state index in [1.165, 1.54) is 0 Å². The van der Waals surface area contributed by atoms with Crippen LogP contribution in [0.5, 0.6) is 17.2 Å². The van der Waals surface area contributed by atoms with Gasteiger partial charge in [-0.1, -0.05) is 6.07 Å². The van der Waals surface area contributed by atoms with Crippen LogP contribution in [0.25, 0.3) is 0 Å². The molecule has 2 unspecified atom stereocenters. The van der Waals surface area contributed by atoms with Crippen molar-refractivity contribution in [2.24, 2.45) is 5.92 Å². The summed E-state index contributed by atoms with van der Waals surface area (Å²) in [5, 5.41) is 0. The zero-order chi connectivity index (χ0) is 24.2. The summed E-state index contributed by atoms with van der Waals surface area (Å²) >= 11 is 0. The minimum absolute atomic E-state index is 0.00706. The molecule has 0 bridgehead atoms. The molecule has 0 spiro atoms. The number of likely N-dealkylation sites (N-methyl/N-ethyl adjacent to an activating group) is 1. The van der Waals surface area contributed by atoms with Crippen LogP contribution < -0.4 is 19.1 Å². The van der Waals surface area contributed by atoms with E-state index in [9.17, 15) is 9.59 Å². The minimum atomic E-state index is -0.457. The highest BCUT2D eigenvalue weighted by molar-refractivity contribution is 5.97. The molecule has 0 aromatic heterocycles. The number of nitrogens with zero attached hydrogens (tertiary/aromatic N) is 3. The number of rotatable bonds is 6. The van der Waals surface area contributed by atoms with Crippen LogP contribution in [0.15, 0.2) is 42.5 Å². The second-order valence-corrected chi connectivity index (χ2v) is 8.79. The molecule has 2 aliphatic heterocycles. The lowest BCUT2D eigenvalue weighted by molar-refractivity contribution is -0.139. The second kappa shape index (κ2) is 10.3. The van der Waals surface area contributed by atoms with E-state index in [0.29, 0.717) is 43.2 Å². The molecule has 182 valence electrons. The summed E-state index contributed by atoms with van der Waals surface area (Å²) in [6.07, 6.45) is 0.829. The van der Waals surface area contributed by atoms with Crippen LogP contribution in [0.1, 0.15) is 24.4 Å². The number of piperazine rings is 1. The largest absolute Gasteiger partial charge is 0.497 e. The highest BCUT2D eigenvalue weighted by atomic mass is 16.5. The van der Waals surface area contributed by atoms with Gasteiger partial charge in [0.25, 0.3) is 0 Å². The maximum atomic E-state index is 13.8. The topological polar surface area (TPSA) is 71.6 Å². The van der Waals surface area contributed by atoms with E-state index in [-0.39, 0.29) is 17.7 Å². The first-order chi connectivity index (χ1) is 16.5. The Labute approximate surface area is 201 Å². The molecule has 34 heavy (non-hydrogen) atoms. The van der Waals surface area contributed by atoms with Crippen molar-refractivity contribution in [2.45, 2.75) is 18.9 Å². The van der Waals surface area contributed by atoms with Crippen molar-refractivity contribution < 1.29 is 23.8 Å². The standard InChI is InChI=1S/C26H33N3O5/c1-27-13-15-28(16-14-27)26(31)21-10-12-24(30)29(19-6-8-20(32-2)9-7-19)25(21)18-5-11-22(33-3)23(17-18)34-4/h5-9,11,17,21,25H,10,12-16H2,1-4H3. The lowest BCUT2D eigenvalue weighted by atomic mass is 9.82. The summed E-state index contributed by atoms with van der Waals surface area (Å²) in [4.78, 5) is 33.0. The van der Waals surface area contributed by atoms with Gasteiger partial charge in [-0.2, -0.15) is 0 Å². The molecule has 0 radical (unpaired) electrons. The third-order valence-corrected chi connectivity index (χ3v) is 6.83. The Bertz CT molecular complexity index is 1020. The van der Waals surface area contributed by atoms with Gasteiger partial charge in [0.05, 0.1) is 33.3 Å². The van der Waals surface area contributed by atoms with E-state index < -0.39 is 6.04 Å². The summed E-state index contributed by atoms with van der Waals surface area (Å²) in [6.45, 7) is 3.09. The van der Waals surface area contributed by atoms with Crippen LogP contribution in [0.3, 0.4) is 0 Å². The van der Waals surface area contributed by atoms with Crippen molar-refractivity contribution in [1.29, 1.82) is 0 Å². The monoisotopic (exact) mass is 467 g/mol. The number of amides is 2. The summed E-state index contributed by atoms with van der Waals surface area (Å²) < 4.78 is 16.3. The third-order valence-electron chi connectivity index (χ3n) is 6.83. The van der Waals surface area contributed by atoms with E-state index in [1.807, 2.05) is 47.4 Å². The molecule has 2 atom stereocenters. The number of piperidine rings is 1. The van der Waals surface area contributed by atoms with Crippen LogP contribution in [-0.4, -0.2) is 76.2 Å². The molecular formula is C26H33N3O5. The van der Waals surface area contributed by atoms with Crippen molar-refractivity contribution in [2.75, 3.05) is 59.5 Å². The Morgan fingerprint density at radius 2 is 1.56 bits per heavy atom. The summed E-state index contributed by atoms with van der Waals surface area (Å²) in [6, 6.07) is 12.6. The zero-order valence-electron chi connectivity index (χ0n) is 20.3. The molecule has 8 heteroatoms. The second-order valence-electron chi connectivity index (χ2n) is 8.79. The van der Waals surface area contributed by atoms with Gasteiger partial charge >= 0.3 is 0 Å². The van der Waals surface area contributed by atoms with E-state index >= 15 is 0 Å². The van der Waals surface area contributed by atoms with Crippen molar-refractivity contribution in [3.8, 4) is 17.2 Å². The molecule has 2 amide bonds. The predicted octanol–water partition coefficient (Wildman–Crippen LogP) is 2.97. The van der Waals surface area contributed by atoms with Crippen LogP contribution in [0.2, 0.25) is 0 Å². The van der Waals surface area contributed by atoms with Gasteiger partial charge in [0.15, 0.2) is 11.5 Å². The van der Waals surface area contributed by atoms with Gasteiger partial charge in [-0.15, -0.1) is 0 Å². The highest BCUT2D eigenvalue weighted by Gasteiger charge is 2.43. The van der Waals surface area contributed by atoms with Crippen molar-refractivity contribution in [3.05, 3.63) is 48.0 Å². The molecule has 2 heterocycles. The Balaban J connectivity index is 1.77. The lowest BCUT2D eigenvalue weighted by Gasteiger charge is -2.43. The van der Waals surface area contributed by atoms with Crippen LogP contribution in [0, 0.1) is 5.92 Å². The number of benzene rings is 2. The number of hydrogen-bond acceptors (Lipinski definition) is 6. The molecule has 0 N–H and O–H groups in total. The minimum Gasteiger partial charge on any atom is -0.497 e. The molecule has 8 nitrogen and oxygen atoms in total. The third kappa shape index (κ3) is 4.68. The number of carbonyl (C=O) groups is 2. The van der Waals surface area contributed by atoms with Gasteiger partial charge in [-0.25, -0.2) is 0 Å². The number of carbonyl (C=O) groups excluding carboxylic acids is 2. The quantitative estimate of drug-likeness (QED) is 0.651. The van der Waals surface area contributed by atoms with Gasteiger partial charge in [0, 0.05) is 38.3 Å². The summed E-state index contributed by atoms with van der Waals surface area (Å²) in [5.41, 5.74) is 1.58. The Kier molecular flexibility index (Phi) is 7.26. The average Bonchev–Trinajstić information content (AvgIpc) is 2.88. The molecular weight excluding hydrogens is 434 g/mol. The molecule has 0 saturated carbocycles. The van der Waals surface area contributed by atoms with E-state index in [0.717, 1.165) is 24.3 Å². The van der Waals surface area contributed by atoms with E-state index in [1.54, 1.807) is 26.2 Å². The molecule has 0 aliphatic carbocycles. The van der Waals surface area contributed by atoms with Gasteiger partial charge in [-0.05, 0) is 55.4 Å². The SMILES string of the molecule is COc1ccc(N2C(=O)CCC(C(=O)N3CCN(C)CC3)C2c2ccc(OC)c(OC)c2)cc1. The zero-order valence-corrected chi connectivity index (χ0v) is 20.3. The number of methoxy groups -OCH3 is 3. The Hall–Kier alpha value is -3.26. The maximum absolute atomic E-state index is 13.8. The number of ether oxygens (including phenoxy) is 3. The first kappa shape index (κ1) is 23.9. The molecule has 2 aromatic rings.